The monoisotopic (exact) mass is 349 g/mol. The van der Waals surface area contributed by atoms with Crippen molar-refractivity contribution in [2.75, 3.05) is 7.11 Å². The molecule has 0 radical (unpaired) electrons. The Morgan fingerprint density at radius 2 is 1.85 bits per heavy atom. The Morgan fingerprint density at radius 3 is 2.46 bits per heavy atom. The number of carbonyl (C=O) groups excluding carboxylic acids is 1. The maximum atomic E-state index is 12.8. The second kappa shape index (κ2) is 7.87. The van der Waals surface area contributed by atoms with Crippen molar-refractivity contribution in [2.24, 2.45) is 0 Å². The molecule has 2 aromatic carbocycles. The molecule has 0 aliphatic carbocycles. The van der Waals surface area contributed by atoms with E-state index in [1.165, 1.54) is 0 Å². The first-order valence-electron chi connectivity index (χ1n) is 8.73. The summed E-state index contributed by atoms with van der Waals surface area (Å²) >= 11 is 0. The summed E-state index contributed by atoms with van der Waals surface area (Å²) in [6, 6.07) is 19.3. The highest BCUT2D eigenvalue weighted by atomic mass is 16.5. The number of carbonyl (C=O) groups is 1. The number of aromatic nitrogens is 2. The van der Waals surface area contributed by atoms with Crippen LogP contribution in [-0.2, 0) is 0 Å². The zero-order valence-corrected chi connectivity index (χ0v) is 15.3. The SMILES string of the molecule is CC[C@@H](C)NC(=O)c1cc(-c2ccccc2)nn1-c1ccc(OC)cc1. The van der Waals surface area contributed by atoms with Crippen molar-refractivity contribution in [1.82, 2.24) is 15.1 Å². The molecule has 1 N–H and O–H groups in total. The molecule has 26 heavy (non-hydrogen) atoms. The van der Waals surface area contributed by atoms with E-state index in [9.17, 15) is 4.79 Å². The fourth-order valence-electron chi connectivity index (χ4n) is 2.61. The molecule has 0 saturated carbocycles. The van der Waals surface area contributed by atoms with Gasteiger partial charge in [0.05, 0.1) is 18.5 Å². The number of amides is 1. The topological polar surface area (TPSA) is 56.2 Å². The second-order valence-corrected chi connectivity index (χ2v) is 6.17. The normalized spacial score (nSPS) is 11.8. The van der Waals surface area contributed by atoms with Crippen molar-refractivity contribution in [1.29, 1.82) is 0 Å². The van der Waals surface area contributed by atoms with Crippen LogP contribution >= 0.6 is 0 Å². The van der Waals surface area contributed by atoms with Gasteiger partial charge in [-0.3, -0.25) is 4.79 Å². The van der Waals surface area contributed by atoms with Crippen molar-refractivity contribution < 1.29 is 9.53 Å². The van der Waals surface area contributed by atoms with Gasteiger partial charge in [0.15, 0.2) is 0 Å². The van der Waals surface area contributed by atoms with Gasteiger partial charge in [-0.05, 0) is 43.7 Å². The van der Waals surface area contributed by atoms with Crippen LogP contribution in [0.15, 0.2) is 60.7 Å². The van der Waals surface area contributed by atoms with E-state index >= 15 is 0 Å². The molecule has 134 valence electrons. The minimum Gasteiger partial charge on any atom is -0.497 e. The van der Waals surface area contributed by atoms with Gasteiger partial charge in [0, 0.05) is 11.6 Å². The average molecular weight is 349 g/mol. The Morgan fingerprint density at radius 1 is 1.15 bits per heavy atom. The molecule has 0 unspecified atom stereocenters. The fraction of sp³-hybridized carbons (Fsp3) is 0.238. The number of nitrogens with one attached hydrogen (secondary N) is 1. The number of methoxy groups -OCH3 is 1. The first kappa shape index (κ1) is 17.7. The lowest BCUT2D eigenvalue weighted by Crippen LogP contribution is -2.33. The Labute approximate surface area is 153 Å². The van der Waals surface area contributed by atoms with Crippen LogP contribution in [0, 0.1) is 0 Å². The highest BCUT2D eigenvalue weighted by molar-refractivity contribution is 5.94. The van der Waals surface area contributed by atoms with E-state index < -0.39 is 0 Å². The third-order valence-corrected chi connectivity index (χ3v) is 4.32. The number of benzene rings is 2. The van der Waals surface area contributed by atoms with Gasteiger partial charge < -0.3 is 10.1 Å². The van der Waals surface area contributed by atoms with E-state index in [0.29, 0.717) is 5.69 Å². The molecule has 0 aliphatic heterocycles. The zero-order valence-electron chi connectivity index (χ0n) is 15.3. The first-order valence-corrected chi connectivity index (χ1v) is 8.73. The number of nitrogens with zero attached hydrogens (tertiary/aromatic N) is 2. The highest BCUT2D eigenvalue weighted by Crippen LogP contribution is 2.23. The van der Waals surface area contributed by atoms with E-state index in [4.69, 9.17) is 4.74 Å². The van der Waals surface area contributed by atoms with E-state index in [-0.39, 0.29) is 11.9 Å². The summed E-state index contributed by atoms with van der Waals surface area (Å²) < 4.78 is 6.90. The lowest BCUT2D eigenvalue weighted by molar-refractivity contribution is 0.0931. The predicted molar refractivity (Wildman–Crippen MR) is 103 cm³/mol. The van der Waals surface area contributed by atoms with Crippen LogP contribution < -0.4 is 10.1 Å². The molecule has 1 heterocycles. The lowest BCUT2D eigenvalue weighted by atomic mass is 10.1. The van der Waals surface area contributed by atoms with Crippen molar-refractivity contribution in [2.45, 2.75) is 26.3 Å². The van der Waals surface area contributed by atoms with Crippen LogP contribution in [-0.4, -0.2) is 28.8 Å². The molecule has 0 saturated heterocycles. The Kier molecular flexibility index (Phi) is 5.37. The molecule has 5 heteroatoms. The highest BCUT2D eigenvalue weighted by Gasteiger charge is 2.18. The minimum atomic E-state index is -0.134. The molecular formula is C21H23N3O2. The van der Waals surface area contributed by atoms with E-state index in [2.05, 4.69) is 10.4 Å². The number of hydrogen-bond acceptors (Lipinski definition) is 3. The summed E-state index contributed by atoms with van der Waals surface area (Å²) in [5.41, 5.74) is 3.05. The van der Waals surface area contributed by atoms with Crippen LogP contribution in [0.25, 0.3) is 16.9 Å². The van der Waals surface area contributed by atoms with Crippen LogP contribution in [0.4, 0.5) is 0 Å². The summed E-state index contributed by atoms with van der Waals surface area (Å²) in [5, 5.41) is 7.69. The minimum absolute atomic E-state index is 0.0990. The summed E-state index contributed by atoms with van der Waals surface area (Å²) in [4.78, 5) is 12.8. The first-order chi connectivity index (χ1) is 12.6. The maximum Gasteiger partial charge on any atom is 0.270 e. The molecule has 1 atom stereocenters. The molecule has 0 aliphatic rings. The lowest BCUT2D eigenvalue weighted by Gasteiger charge is -2.12. The van der Waals surface area contributed by atoms with Crippen LogP contribution in [0.3, 0.4) is 0 Å². The van der Waals surface area contributed by atoms with Crippen molar-refractivity contribution in [3.8, 4) is 22.7 Å². The summed E-state index contributed by atoms with van der Waals surface area (Å²) in [5.74, 6) is 0.625. The molecule has 0 spiro atoms. The molecule has 1 aromatic heterocycles. The third kappa shape index (κ3) is 3.77. The third-order valence-electron chi connectivity index (χ3n) is 4.32. The van der Waals surface area contributed by atoms with E-state index in [1.807, 2.05) is 74.5 Å². The second-order valence-electron chi connectivity index (χ2n) is 6.17. The van der Waals surface area contributed by atoms with E-state index in [0.717, 1.165) is 29.1 Å². The average Bonchev–Trinajstić information content (AvgIpc) is 3.14. The Bertz CT molecular complexity index is 870. The molecule has 3 aromatic rings. The van der Waals surface area contributed by atoms with Crippen molar-refractivity contribution in [3.05, 3.63) is 66.4 Å². The summed E-state index contributed by atoms with van der Waals surface area (Å²) in [6.07, 6.45) is 0.869. The van der Waals surface area contributed by atoms with Gasteiger partial charge in [0.25, 0.3) is 5.91 Å². The van der Waals surface area contributed by atoms with Gasteiger partial charge in [-0.15, -0.1) is 0 Å². The van der Waals surface area contributed by atoms with E-state index in [1.54, 1.807) is 11.8 Å². The number of hydrogen-bond donors (Lipinski definition) is 1. The Hall–Kier alpha value is -3.08. The quantitative estimate of drug-likeness (QED) is 0.730. The fourth-order valence-corrected chi connectivity index (χ4v) is 2.61. The van der Waals surface area contributed by atoms with Gasteiger partial charge in [0.1, 0.15) is 11.4 Å². The van der Waals surface area contributed by atoms with Crippen LogP contribution in [0.5, 0.6) is 5.75 Å². The molecular weight excluding hydrogens is 326 g/mol. The number of rotatable bonds is 6. The summed E-state index contributed by atoms with van der Waals surface area (Å²) in [7, 11) is 1.63. The van der Waals surface area contributed by atoms with Gasteiger partial charge in [-0.1, -0.05) is 37.3 Å². The molecule has 1 amide bonds. The van der Waals surface area contributed by atoms with Crippen molar-refractivity contribution >= 4 is 5.91 Å². The molecule has 0 fully saturated rings. The maximum absolute atomic E-state index is 12.8. The van der Waals surface area contributed by atoms with Gasteiger partial charge in [-0.25, -0.2) is 4.68 Å². The van der Waals surface area contributed by atoms with Gasteiger partial charge in [0.2, 0.25) is 0 Å². The van der Waals surface area contributed by atoms with Crippen LogP contribution in [0.1, 0.15) is 30.8 Å². The standard InChI is InChI=1S/C21H23N3O2/c1-4-15(2)22-21(25)20-14-19(16-8-6-5-7-9-16)23-24(20)17-10-12-18(26-3)13-11-17/h5-15H,4H2,1-3H3,(H,22,25)/t15-/m1/s1. The van der Waals surface area contributed by atoms with Gasteiger partial charge in [-0.2, -0.15) is 5.10 Å². The molecule has 0 bridgehead atoms. The Balaban J connectivity index is 2.04. The van der Waals surface area contributed by atoms with Crippen LogP contribution in [0.2, 0.25) is 0 Å². The summed E-state index contributed by atoms with van der Waals surface area (Å²) in [6.45, 7) is 4.03. The van der Waals surface area contributed by atoms with Gasteiger partial charge >= 0.3 is 0 Å². The molecule has 3 rings (SSSR count). The zero-order chi connectivity index (χ0) is 18.5. The smallest absolute Gasteiger partial charge is 0.270 e. The van der Waals surface area contributed by atoms with Crippen molar-refractivity contribution in [3.63, 3.8) is 0 Å². The predicted octanol–water partition coefficient (Wildman–Crippen LogP) is 4.08. The largest absolute Gasteiger partial charge is 0.497 e. The molecule has 5 nitrogen and oxygen atoms in total. The number of ether oxygens (including phenoxy) is 1.